The summed E-state index contributed by atoms with van der Waals surface area (Å²) >= 11 is 6.57. The van der Waals surface area contributed by atoms with Crippen molar-refractivity contribution in [3.05, 3.63) is 53.3 Å². The summed E-state index contributed by atoms with van der Waals surface area (Å²) < 4.78 is 57.3. The van der Waals surface area contributed by atoms with Gasteiger partial charge in [0, 0.05) is 18.7 Å². The van der Waals surface area contributed by atoms with Gasteiger partial charge in [-0.1, -0.05) is 23.7 Å². The smallest absolute Gasteiger partial charge is 0.416 e. The lowest BCUT2D eigenvalue weighted by atomic mass is 9.99. The molecule has 0 spiro atoms. The third kappa shape index (κ3) is 5.81. The number of piperidine rings is 1. The Bertz CT molecular complexity index is 1510. The fourth-order valence-corrected chi connectivity index (χ4v) is 5.67. The number of fused-ring (bicyclic) bond motifs is 4. The summed E-state index contributed by atoms with van der Waals surface area (Å²) in [6, 6.07) is 5.73. The van der Waals surface area contributed by atoms with Gasteiger partial charge >= 0.3 is 12.2 Å². The zero-order valence-corrected chi connectivity index (χ0v) is 23.6. The Morgan fingerprint density at radius 1 is 1.24 bits per heavy atom. The summed E-state index contributed by atoms with van der Waals surface area (Å²) in [5.74, 6) is -0.0237. The van der Waals surface area contributed by atoms with E-state index < -0.39 is 23.6 Å². The second-order valence-electron chi connectivity index (χ2n) is 10.8. The van der Waals surface area contributed by atoms with E-state index in [1.807, 2.05) is 13.8 Å². The van der Waals surface area contributed by atoms with Gasteiger partial charge in [-0.2, -0.15) is 18.2 Å². The summed E-state index contributed by atoms with van der Waals surface area (Å²) in [4.78, 5) is 30.5. The highest BCUT2D eigenvalue weighted by atomic mass is 35.5. The topological polar surface area (TPSA) is 102 Å². The van der Waals surface area contributed by atoms with Gasteiger partial charge in [0.25, 0.3) is 0 Å². The fraction of sp³-hybridized carbons (Fsp3) is 0.429. The van der Waals surface area contributed by atoms with E-state index in [2.05, 4.69) is 25.2 Å². The average Bonchev–Trinajstić information content (AvgIpc) is 3.30. The van der Waals surface area contributed by atoms with Gasteiger partial charge in [-0.15, -0.1) is 0 Å². The molecule has 5 heterocycles. The van der Waals surface area contributed by atoms with Crippen molar-refractivity contribution in [2.24, 2.45) is 0 Å². The van der Waals surface area contributed by atoms with E-state index in [9.17, 15) is 18.0 Å². The third-order valence-corrected chi connectivity index (χ3v) is 7.57. The molecule has 3 aliphatic heterocycles. The van der Waals surface area contributed by atoms with Crippen molar-refractivity contribution in [2.45, 2.75) is 50.8 Å². The van der Waals surface area contributed by atoms with E-state index >= 15 is 0 Å². The van der Waals surface area contributed by atoms with Crippen LogP contribution in [0.25, 0.3) is 11.3 Å². The van der Waals surface area contributed by atoms with Crippen LogP contribution in [0.15, 0.2) is 42.7 Å². The van der Waals surface area contributed by atoms with Crippen molar-refractivity contribution < 1.29 is 32.2 Å². The number of aromatic nitrogens is 3. The maximum atomic E-state index is 13.7. The molecule has 0 radical (unpaired) electrons. The summed E-state index contributed by atoms with van der Waals surface area (Å²) in [7, 11) is 0. The number of benzene rings is 1. The van der Waals surface area contributed by atoms with Crippen LogP contribution in [0.1, 0.15) is 32.3 Å². The minimum atomic E-state index is -4.53. The maximum absolute atomic E-state index is 13.7. The lowest BCUT2D eigenvalue weighted by molar-refractivity contribution is -0.141. The number of alkyl halides is 3. The lowest BCUT2D eigenvalue weighted by Crippen LogP contribution is -2.56. The van der Waals surface area contributed by atoms with E-state index in [0.717, 1.165) is 31.5 Å². The number of nitrogens with one attached hydrogen (secondary N) is 1. The molecule has 2 bridgehead atoms. The second-order valence-corrected chi connectivity index (χ2v) is 11.2. The van der Waals surface area contributed by atoms with E-state index in [0.29, 0.717) is 24.7 Å². The first kappa shape index (κ1) is 28.4. The van der Waals surface area contributed by atoms with Crippen molar-refractivity contribution >= 4 is 35.0 Å². The van der Waals surface area contributed by atoms with Gasteiger partial charge in [0.1, 0.15) is 12.7 Å². The van der Waals surface area contributed by atoms with Crippen LogP contribution in [-0.2, 0) is 15.7 Å². The number of urea groups is 1. The predicted molar refractivity (Wildman–Crippen MR) is 149 cm³/mol. The quantitative estimate of drug-likeness (QED) is 0.392. The second kappa shape index (κ2) is 10.9. The van der Waals surface area contributed by atoms with Crippen LogP contribution in [0.3, 0.4) is 0 Å². The molecule has 0 aliphatic carbocycles. The zero-order chi connectivity index (χ0) is 29.6. The molecule has 3 aliphatic rings. The summed E-state index contributed by atoms with van der Waals surface area (Å²) in [5, 5.41) is 2.97. The molecule has 2 amide bonds. The third-order valence-electron chi connectivity index (χ3n) is 7.28. The maximum Gasteiger partial charge on any atom is 0.416 e. The first-order valence-corrected chi connectivity index (χ1v) is 13.8. The average molecular weight is 605 g/mol. The molecule has 2 aromatic heterocycles. The monoisotopic (exact) mass is 604 g/mol. The van der Waals surface area contributed by atoms with Crippen molar-refractivity contribution in [3.8, 4) is 17.1 Å². The van der Waals surface area contributed by atoms with Gasteiger partial charge < -0.3 is 19.1 Å². The van der Waals surface area contributed by atoms with E-state index in [1.54, 1.807) is 6.07 Å². The molecule has 2 atom stereocenters. The van der Waals surface area contributed by atoms with Crippen LogP contribution >= 0.6 is 11.6 Å². The summed E-state index contributed by atoms with van der Waals surface area (Å²) in [6.07, 6.45) is -0.419. The summed E-state index contributed by atoms with van der Waals surface area (Å²) in [5.41, 5.74) is 0.158. The zero-order valence-electron chi connectivity index (χ0n) is 22.8. The molecule has 0 saturated carbocycles. The molecule has 2 fully saturated rings. The van der Waals surface area contributed by atoms with Crippen LogP contribution in [0.4, 0.5) is 35.3 Å². The Morgan fingerprint density at radius 2 is 2.07 bits per heavy atom. The van der Waals surface area contributed by atoms with E-state index in [1.165, 1.54) is 29.4 Å². The molecule has 3 aromatic rings. The van der Waals surface area contributed by atoms with Gasteiger partial charge in [-0.05, 0) is 44.9 Å². The van der Waals surface area contributed by atoms with Crippen LogP contribution in [0, 0.1) is 0 Å². The molecule has 2 saturated heterocycles. The van der Waals surface area contributed by atoms with Gasteiger partial charge in [-0.25, -0.2) is 9.78 Å². The molecule has 10 nitrogen and oxygen atoms in total. The number of carbonyl (C=O) groups excluding carboxylic acids is 1. The Labute approximate surface area is 244 Å². The number of pyridine rings is 1. The largest absolute Gasteiger partial charge is 0.474 e. The lowest BCUT2D eigenvalue weighted by Gasteiger charge is -2.46. The van der Waals surface area contributed by atoms with Gasteiger partial charge in [0.2, 0.25) is 5.88 Å². The predicted octanol–water partition coefficient (Wildman–Crippen LogP) is 5.76. The van der Waals surface area contributed by atoms with E-state index in [4.69, 9.17) is 25.8 Å². The molecule has 1 N–H and O–H groups in total. The number of rotatable bonds is 5. The number of hydrogen-bond donors (Lipinski definition) is 1. The van der Waals surface area contributed by atoms with Gasteiger partial charge in [0.05, 0.1) is 47.0 Å². The first-order chi connectivity index (χ1) is 20.0. The number of anilines is 3. The first-order valence-electron chi connectivity index (χ1n) is 13.5. The molecular formula is C28H28ClF3N6O4. The molecule has 0 unspecified atom stereocenters. The number of hydrogen-bond acceptors (Lipinski definition) is 8. The van der Waals surface area contributed by atoms with Crippen LogP contribution < -0.4 is 19.9 Å². The number of nitrogens with zero attached hydrogens (tertiary/aromatic N) is 5. The number of halogens is 4. The van der Waals surface area contributed by atoms with Gasteiger partial charge in [0.15, 0.2) is 17.4 Å². The molecular weight excluding hydrogens is 577 g/mol. The Hall–Kier alpha value is -3.68. The highest BCUT2D eigenvalue weighted by Gasteiger charge is 2.39. The molecule has 42 heavy (non-hydrogen) atoms. The minimum absolute atomic E-state index is 0.150. The molecule has 14 heteroatoms. The SMILES string of the molecule is CC1(C)OC[C@H](COc2cncc(NC(=O)N3c4nc(-c5cccc(C(F)(F)F)c5)c(Cl)cc4N4CCC[C@H]3C4)n2)O1. The van der Waals surface area contributed by atoms with Crippen LogP contribution in [0.5, 0.6) is 5.88 Å². The number of amides is 2. The van der Waals surface area contributed by atoms with Crippen LogP contribution in [-0.4, -0.2) is 65.2 Å². The molecule has 6 rings (SSSR count). The Morgan fingerprint density at radius 3 is 2.83 bits per heavy atom. The highest BCUT2D eigenvalue weighted by molar-refractivity contribution is 6.33. The molecule has 222 valence electrons. The van der Waals surface area contributed by atoms with Crippen LogP contribution in [0.2, 0.25) is 5.02 Å². The van der Waals surface area contributed by atoms with Crippen molar-refractivity contribution in [1.29, 1.82) is 0 Å². The normalized spacial score (nSPS) is 21.2. The Kier molecular flexibility index (Phi) is 7.36. The standard InChI is InChI=1S/C28H28ClF3N6O4/c1-27(2)41-15-19(42-27)14-40-23-12-33-11-22(34-23)35-26(39)38-18-7-4-8-37(13-18)21-10-20(29)24(36-25(21)38)16-5-3-6-17(9-16)28(30,31)32/h3,5-6,9-12,18-19H,4,7-8,13-15H2,1-2H3,(H,34,35,39)/t18-,19-/m0/s1. The van der Waals surface area contributed by atoms with Crippen molar-refractivity contribution in [1.82, 2.24) is 15.0 Å². The number of carbonyl (C=O) groups is 1. The van der Waals surface area contributed by atoms with E-state index in [-0.39, 0.29) is 46.7 Å². The fourth-order valence-electron chi connectivity index (χ4n) is 5.42. The molecule has 1 aromatic carbocycles. The number of ether oxygens (including phenoxy) is 3. The van der Waals surface area contributed by atoms with Gasteiger partial charge in [-0.3, -0.25) is 15.2 Å². The minimum Gasteiger partial charge on any atom is -0.474 e. The van der Waals surface area contributed by atoms with Crippen molar-refractivity contribution in [2.75, 3.05) is 41.4 Å². The van der Waals surface area contributed by atoms with Crippen molar-refractivity contribution in [3.63, 3.8) is 0 Å². The highest BCUT2D eigenvalue weighted by Crippen LogP contribution is 2.43. The Balaban J connectivity index is 1.27. The summed E-state index contributed by atoms with van der Waals surface area (Å²) in [6.45, 7) is 5.52.